The first-order valence-corrected chi connectivity index (χ1v) is 6.41. The van der Waals surface area contributed by atoms with E-state index in [1.165, 1.54) is 23.5 Å². The van der Waals surface area contributed by atoms with Crippen molar-refractivity contribution in [1.29, 1.82) is 0 Å². The van der Waals surface area contributed by atoms with Crippen molar-refractivity contribution in [3.63, 3.8) is 0 Å². The Bertz CT molecular complexity index is 548. The minimum absolute atomic E-state index is 0.0699. The van der Waals surface area contributed by atoms with Crippen molar-refractivity contribution in [2.24, 2.45) is 0 Å². The van der Waals surface area contributed by atoms with Gasteiger partial charge in [-0.05, 0) is 29.5 Å². The zero-order chi connectivity index (χ0) is 13.1. The lowest BCUT2D eigenvalue weighted by molar-refractivity contribution is -0.384. The zero-order valence-corrected chi connectivity index (χ0v) is 10.7. The highest BCUT2D eigenvalue weighted by atomic mass is 32.1. The van der Waals surface area contributed by atoms with Crippen molar-refractivity contribution in [1.82, 2.24) is 0 Å². The van der Waals surface area contributed by atoms with Gasteiger partial charge in [0.2, 0.25) is 0 Å². The standard InChI is InChI=1S/C13H13NO3S/c1-9-6-7-18-13(9)12(15)8-10-2-4-11(5-3-10)14(16)17/h2-7,12,15H,8H2,1H3. The summed E-state index contributed by atoms with van der Waals surface area (Å²) in [5.41, 5.74) is 2.04. The maximum atomic E-state index is 10.5. The molecule has 0 saturated carbocycles. The fourth-order valence-corrected chi connectivity index (χ4v) is 2.71. The predicted molar refractivity (Wildman–Crippen MR) is 70.8 cm³/mol. The summed E-state index contributed by atoms with van der Waals surface area (Å²) in [5.74, 6) is 0. The molecule has 94 valence electrons. The van der Waals surface area contributed by atoms with Crippen LogP contribution in [0.1, 0.15) is 22.1 Å². The van der Waals surface area contributed by atoms with E-state index in [1.807, 2.05) is 18.4 Å². The second-order valence-electron chi connectivity index (χ2n) is 4.11. The van der Waals surface area contributed by atoms with Gasteiger partial charge < -0.3 is 5.11 Å². The number of nitrogens with zero attached hydrogens (tertiary/aromatic N) is 1. The fraction of sp³-hybridized carbons (Fsp3) is 0.231. The molecule has 18 heavy (non-hydrogen) atoms. The van der Waals surface area contributed by atoms with Crippen LogP contribution in [0.15, 0.2) is 35.7 Å². The van der Waals surface area contributed by atoms with E-state index in [4.69, 9.17) is 0 Å². The number of hydrogen-bond donors (Lipinski definition) is 1. The summed E-state index contributed by atoms with van der Waals surface area (Å²) in [5, 5.41) is 22.6. The molecule has 1 N–H and O–H groups in total. The van der Waals surface area contributed by atoms with Crippen LogP contribution in [0.3, 0.4) is 0 Å². The number of aryl methyl sites for hydroxylation is 1. The minimum Gasteiger partial charge on any atom is -0.387 e. The second-order valence-corrected chi connectivity index (χ2v) is 5.06. The van der Waals surface area contributed by atoms with Crippen LogP contribution in [0.5, 0.6) is 0 Å². The number of aliphatic hydroxyl groups is 1. The topological polar surface area (TPSA) is 63.4 Å². The molecule has 1 unspecified atom stereocenters. The Balaban J connectivity index is 2.10. The lowest BCUT2D eigenvalue weighted by atomic mass is 10.0. The average Bonchev–Trinajstić information content (AvgIpc) is 2.76. The maximum Gasteiger partial charge on any atom is 0.269 e. The van der Waals surface area contributed by atoms with Crippen LogP contribution in [0.2, 0.25) is 0 Å². The lowest BCUT2D eigenvalue weighted by Crippen LogP contribution is -2.01. The van der Waals surface area contributed by atoms with E-state index >= 15 is 0 Å². The number of non-ortho nitro benzene ring substituents is 1. The van der Waals surface area contributed by atoms with Gasteiger partial charge in [-0.2, -0.15) is 0 Å². The van der Waals surface area contributed by atoms with Gasteiger partial charge >= 0.3 is 0 Å². The van der Waals surface area contributed by atoms with Gasteiger partial charge in [-0.15, -0.1) is 11.3 Å². The van der Waals surface area contributed by atoms with E-state index in [1.54, 1.807) is 12.1 Å². The first-order chi connectivity index (χ1) is 8.58. The zero-order valence-electron chi connectivity index (χ0n) is 9.87. The first-order valence-electron chi connectivity index (χ1n) is 5.53. The smallest absolute Gasteiger partial charge is 0.269 e. The van der Waals surface area contributed by atoms with Gasteiger partial charge in [-0.3, -0.25) is 10.1 Å². The van der Waals surface area contributed by atoms with E-state index in [2.05, 4.69) is 0 Å². The van der Waals surface area contributed by atoms with Crippen molar-refractivity contribution in [3.05, 3.63) is 61.8 Å². The van der Waals surface area contributed by atoms with E-state index in [0.717, 1.165) is 16.0 Å². The number of aliphatic hydroxyl groups excluding tert-OH is 1. The second kappa shape index (κ2) is 5.29. The van der Waals surface area contributed by atoms with Crippen LogP contribution in [-0.2, 0) is 6.42 Å². The molecule has 2 rings (SSSR count). The van der Waals surface area contributed by atoms with Crippen LogP contribution in [-0.4, -0.2) is 10.0 Å². The summed E-state index contributed by atoms with van der Waals surface area (Å²) < 4.78 is 0. The molecule has 0 spiro atoms. The maximum absolute atomic E-state index is 10.5. The van der Waals surface area contributed by atoms with Gasteiger partial charge in [0, 0.05) is 23.4 Å². The Hall–Kier alpha value is -1.72. The van der Waals surface area contributed by atoms with Crippen molar-refractivity contribution in [2.75, 3.05) is 0 Å². The average molecular weight is 263 g/mol. The Morgan fingerprint density at radius 2 is 2.00 bits per heavy atom. The highest BCUT2D eigenvalue weighted by Gasteiger charge is 2.13. The van der Waals surface area contributed by atoms with Crippen molar-refractivity contribution < 1.29 is 10.0 Å². The summed E-state index contributed by atoms with van der Waals surface area (Å²) in [6.45, 7) is 1.96. The summed E-state index contributed by atoms with van der Waals surface area (Å²) >= 11 is 1.53. The molecule has 1 atom stereocenters. The number of rotatable bonds is 4. The summed E-state index contributed by atoms with van der Waals surface area (Å²) in [6, 6.07) is 8.26. The van der Waals surface area contributed by atoms with Gasteiger partial charge in [-0.25, -0.2) is 0 Å². The first kappa shape index (κ1) is 12.7. The van der Waals surface area contributed by atoms with Crippen LogP contribution in [0.4, 0.5) is 5.69 Å². The lowest BCUT2D eigenvalue weighted by Gasteiger charge is -2.09. The highest BCUT2D eigenvalue weighted by molar-refractivity contribution is 7.10. The summed E-state index contributed by atoms with van der Waals surface area (Å²) in [7, 11) is 0. The molecule has 5 heteroatoms. The molecule has 1 heterocycles. The molecule has 0 amide bonds. The normalized spacial score (nSPS) is 12.3. The van der Waals surface area contributed by atoms with Crippen LogP contribution >= 0.6 is 11.3 Å². The quantitative estimate of drug-likeness (QED) is 0.680. The molecule has 2 aromatic rings. The number of thiophene rings is 1. The molecule has 0 aliphatic rings. The highest BCUT2D eigenvalue weighted by Crippen LogP contribution is 2.27. The van der Waals surface area contributed by atoms with E-state index in [0.29, 0.717) is 6.42 Å². The van der Waals surface area contributed by atoms with Crippen LogP contribution in [0, 0.1) is 17.0 Å². The predicted octanol–water partition coefficient (Wildman–Crippen LogP) is 3.24. The van der Waals surface area contributed by atoms with Crippen LogP contribution in [0.25, 0.3) is 0 Å². The third-order valence-corrected chi connectivity index (χ3v) is 3.90. The monoisotopic (exact) mass is 263 g/mol. The van der Waals surface area contributed by atoms with Gasteiger partial charge in [0.25, 0.3) is 5.69 Å². The van der Waals surface area contributed by atoms with Gasteiger partial charge in [-0.1, -0.05) is 12.1 Å². The fourth-order valence-electron chi connectivity index (χ4n) is 1.80. The molecule has 0 fully saturated rings. The van der Waals surface area contributed by atoms with E-state index in [9.17, 15) is 15.2 Å². The number of benzene rings is 1. The van der Waals surface area contributed by atoms with Gasteiger partial charge in [0.1, 0.15) is 0 Å². The SMILES string of the molecule is Cc1ccsc1C(O)Cc1ccc([N+](=O)[O-])cc1. The largest absolute Gasteiger partial charge is 0.387 e. The van der Waals surface area contributed by atoms with E-state index < -0.39 is 11.0 Å². The molecule has 1 aromatic carbocycles. The molecular weight excluding hydrogens is 250 g/mol. The molecule has 0 aliphatic carbocycles. The molecule has 0 aliphatic heterocycles. The van der Waals surface area contributed by atoms with E-state index in [-0.39, 0.29) is 5.69 Å². The summed E-state index contributed by atoms with van der Waals surface area (Å²) in [4.78, 5) is 11.0. The van der Waals surface area contributed by atoms with Gasteiger partial charge in [0.15, 0.2) is 0 Å². The Morgan fingerprint density at radius 3 is 2.50 bits per heavy atom. The van der Waals surface area contributed by atoms with Crippen molar-refractivity contribution >= 4 is 17.0 Å². The number of nitro benzene ring substituents is 1. The third-order valence-electron chi connectivity index (χ3n) is 2.78. The molecule has 4 nitrogen and oxygen atoms in total. The molecular formula is C13H13NO3S. The Kier molecular flexibility index (Phi) is 3.74. The van der Waals surface area contributed by atoms with Crippen molar-refractivity contribution in [2.45, 2.75) is 19.4 Å². The third kappa shape index (κ3) is 2.75. The van der Waals surface area contributed by atoms with Crippen LogP contribution < -0.4 is 0 Å². The summed E-state index contributed by atoms with van der Waals surface area (Å²) in [6.07, 6.45) is -0.0780. The number of hydrogen-bond acceptors (Lipinski definition) is 4. The Morgan fingerprint density at radius 1 is 1.33 bits per heavy atom. The Labute approximate surface area is 109 Å². The molecule has 0 radical (unpaired) electrons. The molecule has 1 aromatic heterocycles. The molecule has 0 bridgehead atoms. The minimum atomic E-state index is -0.550. The number of nitro groups is 1. The molecule has 0 saturated heterocycles. The van der Waals surface area contributed by atoms with Gasteiger partial charge in [0.05, 0.1) is 11.0 Å². The van der Waals surface area contributed by atoms with Crippen molar-refractivity contribution in [3.8, 4) is 0 Å².